The van der Waals surface area contributed by atoms with Gasteiger partial charge in [0.15, 0.2) is 0 Å². The second-order valence-electron chi connectivity index (χ2n) is 2.50. The minimum atomic E-state index is -0.181. The zero-order valence-corrected chi connectivity index (χ0v) is 8.26. The Morgan fingerprint density at radius 2 is 1.00 bits per heavy atom. The fraction of sp³-hybridized carbons (Fsp3) is 1.00. The topological polar surface area (TPSA) is 0 Å². The average molecular weight is 222 g/mol. The molecule has 0 aromatic carbocycles. The van der Waals surface area contributed by atoms with E-state index < -0.39 is 0 Å². The first-order valence-corrected chi connectivity index (χ1v) is 4.94. The highest BCUT2D eigenvalue weighted by Crippen LogP contribution is 2.34. The third kappa shape index (κ3) is 1.85. The van der Waals surface area contributed by atoms with Crippen molar-refractivity contribution in [2.75, 3.05) is 0 Å². The van der Waals surface area contributed by atoms with E-state index >= 15 is 0 Å². The van der Waals surface area contributed by atoms with Gasteiger partial charge in [-0.05, 0) is 12.8 Å². The summed E-state index contributed by atoms with van der Waals surface area (Å²) in [6.07, 6.45) is 1.74. The number of hydrogen-bond acceptors (Lipinski definition) is 0. The molecule has 0 aromatic heterocycles. The normalized spacial score (nSPS) is 49.2. The molecule has 0 heterocycles. The van der Waals surface area contributed by atoms with Crippen LogP contribution in [0.15, 0.2) is 0 Å². The molecule has 0 aromatic rings. The first-order valence-electron chi connectivity index (χ1n) is 3.19. The Morgan fingerprint density at radius 3 is 1.30 bits per heavy atom. The summed E-state index contributed by atoms with van der Waals surface area (Å²) < 4.78 is 0. The van der Waals surface area contributed by atoms with Gasteiger partial charge in [0, 0.05) is 0 Å². The summed E-state index contributed by atoms with van der Waals surface area (Å²) in [6.45, 7) is 0. The summed E-state index contributed by atoms with van der Waals surface area (Å²) in [7, 11) is 0. The molecule has 0 amide bonds. The van der Waals surface area contributed by atoms with Gasteiger partial charge in [0.1, 0.15) is 0 Å². The van der Waals surface area contributed by atoms with Crippen LogP contribution in [0.5, 0.6) is 0 Å². The molecule has 0 N–H and O–H groups in total. The summed E-state index contributed by atoms with van der Waals surface area (Å²) in [5.41, 5.74) is 0. The van der Waals surface area contributed by atoms with Crippen molar-refractivity contribution in [1.82, 2.24) is 0 Å². The van der Waals surface area contributed by atoms with Crippen LogP contribution in [0.25, 0.3) is 0 Å². The first kappa shape index (κ1) is 9.25. The first-order chi connectivity index (χ1) is 4.63. The van der Waals surface area contributed by atoms with Gasteiger partial charge in [-0.1, -0.05) is 0 Å². The summed E-state index contributed by atoms with van der Waals surface area (Å²) in [5, 5.41) is -0.391. The van der Waals surface area contributed by atoms with Crippen molar-refractivity contribution in [2.24, 2.45) is 0 Å². The Kier molecular flexibility index (Phi) is 3.43. The van der Waals surface area contributed by atoms with Crippen molar-refractivity contribution in [3.05, 3.63) is 0 Å². The second-order valence-corrected chi connectivity index (χ2v) is 4.63. The third-order valence-corrected chi connectivity index (χ3v) is 4.23. The Balaban J connectivity index is 2.52. The second kappa shape index (κ2) is 3.71. The lowest BCUT2D eigenvalue weighted by atomic mass is 9.99. The van der Waals surface area contributed by atoms with Crippen molar-refractivity contribution in [3.63, 3.8) is 0 Å². The third-order valence-electron chi connectivity index (χ3n) is 1.71. The predicted molar refractivity (Wildman–Crippen MR) is 47.8 cm³/mol. The monoisotopic (exact) mass is 220 g/mol. The molecule has 4 atom stereocenters. The highest BCUT2D eigenvalue weighted by Gasteiger charge is 2.35. The fourth-order valence-corrected chi connectivity index (χ4v) is 2.35. The lowest BCUT2D eigenvalue weighted by molar-refractivity contribution is 0.531. The van der Waals surface area contributed by atoms with Gasteiger partial charge in [-0.2, -0.15) is 0 Å². The highest BCUT2D eigenvalue weighted by molar-refractivity contribution is 6.38. The molecule has 1 fully saturated rings. The van der Waals surface area contributed by atoms with Crippen molar-refractivity contribution in [3.8, 4) is 0 Å². The van der Waals surface area contributed by atoms with E-state index in [1.54, 1.807) is 0 Å². The van der Waals surface area contributed by atoms with Crippen LogP contribution in [-0.2, 0) is 0 Å². The van der Waals surface area contributed by atoms with Gasteiger partial charge in [-0.3, -0.25) is 0 Å². The SMILES string of the molecule is Cl[C@@H]1[C@@H](Cl)[C@@H](Cl)CC[C@H]1Cl. The van der Waals surface area contributed by atoms with Crippen LogP contribution in [0.3, 0.4) is 0 Å². The summed E-state index contributed by atoms with van der Waals surface area (Å²) in [4.78, 5) is 0. The number of rotatable bonds is 0. The molecule has 1 aliphatic carbocycles. The molecule has 0 radical (unpaired) electrons. The Hall–Kier alpha value is 1.16. The lowest BCUT2D eigenvalue weighted by Gasteiger charge is -2.30. The molecule has 4 heteroatoms. The van der Waals surface area contributed by atoms with E-state index in [1.807, 2.05) is 0 Å². The van der Waals surface area contributed by atoms with Gasteiger partial charge in [-0.25, -0.2) is 0 Å². The lowest BCUT2D eigenvalue weighted by Crippen LogP contribution is -2.37. The molecule has 0 saturated heterocycles. The predicted octanol–water partition coefficient (Wildman–Crippen LogP) is 3.21. The molecule has 0 nitrogen and oxygen atoms in total. The molecule has 1 aliphatic rings. The number of alkyl halides is 4. The average Bonchev–Trinajstić information content (AvgIpc) is 1.93. The number of halogens is 4. The maximum Gasteiger partial charge on any atom is 0.0677 e. The molecular formula is C6H8Cl4. The highest BCUT2D eigenvalue weighted by atomic mass is 35.5. The molecule has 10 heavy (non-hydrogen) atoms. The van der Waals surface area contributed by atoms with E-state index in [9.17, 15) is 0 Å². The van der Waals surface area contributed by atoms with Crippen molar-refractivity contribution >= 4 is 46.4 Å². The molecular weight excluding hydrogens is 214 g/mol. The summed E-state index contributed by atoms with van der Waals surface area (Å²) in [5.74, 6) is 0. The summed E-state index contributed by atoms with van der Waals surface area (Å²) >= 11 is 23.4. The van der Waals surface area contributed by atoms with Gasteiger partial charge in [0.25, 0.3) is 0 Å². The minimum Gasteiger partial charge on any atom is -0.121 e. The summed E-state index contributed by atoms with van der Waals surface area (Å²) in [6, 6.07) is 0. The van der Waals surface area contributed by atoms with Crippen LogP contribution in [0.4, 0.5) is 0 Å². The smallest absolute Gasteiger partial charge is 0.0677 e. The van der Waals surface area contributed by atoms with Gasteiger partial charge < -0.3 is 0 Å². The van der Waals surface area contributed by atoms with Gasteiger partial charge in [-0.15, -0.1) is 46.4 Å². The van der Waals surface area contributed by atoms with Crippen LogP contribution in [0.1, 0.15) is 12.8 Å². The Labute approximate surface area is 80.8 Å². The molecule has 1 rings (SSSR count). The van der Waals surface area contributed by atoms with Gasteiger partial charge in [0.05, 0.1) is 21.5 Å². The maximum absolute atomic E-state index is 5.86. The zero-order valence-electron chi connectivity index (χ0n) is 5.24. The van der Waals surface area contributed by atoms with E-state index in [0.29, 0.717) is 0 Å². The Morgan fingerprint density at radius 1 is 0.700 bits per heavy atom. The molecule has 0 spiro atoms. The van der Waals surface area contributed by atoms with Gasteiger partial charge >= 0.3 is 0 Å². The van der Waals surface area contributed by atoms with E-state index in [0.717, 1.165) is 12.8 Å². The van der Waals surface area contributed by atoms with Crippen molar-refractivity contribution < 1.29 is 0 Å². The van der Waals surface area contributed by atoms with E-state index in [4.69, 9.17) is 46.4 Å². The molecule has 0 unspecified atom stereocenters. The fourth-order valence-electron chi connectivity index (χ4n) is 1.04. The van der Waals surface area contributed by atoms with E-state index in [-0.39, 0.29) is 21.5 Å². The number of hydrogen-bond donors (Lipinski definition) is 0. The van der Waals surface area contributed by atoms with Crippen LogP contribution in [0.2, 0.25) is 0 Å². The zero-order chi connectivity index (χ0) is 7.72. The van der Waals surface area contributed by atoms with Gasteiger partial charge in [0.2, 0.25) is 0 Å². The molecule has 60 valence electrons. The molecule has 0 aliphatic heterocycles. The standard InChI is InChI=1S/C6H8Cl4/c7-3-1-2-4(8)6(10)5(3)9/h3-6H,1-2H2/t3-,4+,5-,6-/m0/s1. The van der Waals surface area contributed by atoms with Crippen LogP contribution >= 0.6 is 46.4 Å². The van der Waals surface area contributed by atoms with E-state index in [1.165, 1.54) is 0 Å². The minimum absolute atomic E-state index is 0.0147. The molecule has 1 saturated carbocycles. The Bertz CT molecular complexity index is 102. The van der Waals surface area contributed by atoms with Crippen LogP contribution < -0.4 is 0 Å². The van der Waals surface area contributed by atoms with Crippen LogP contribution in [0, 0.1) is 0 Å². The van der Waals surface area contributed by atoms with E-state index in [2.05, 4.69) is 0 Å². The van der Waals surface area contributed by atoms with Crippen molar-refractivity contribution in [2.45, 2.75) is 34.3 Å². The quantitative estimate of drug-likeness (QED) is 0.552. The molecule has 0 bridgehead atoms. The van der Waals surface area contributed by atoms with Crippen molar-refractivity contribution in [1.29, 1.82) is 0 Å². The largest absolute Gasteiger partial charge is 0.121 e. The maximum atomic E-state index is 5.86. The van der Waals surface area contributed by atoms with Crippen LogP contribution in [-0.4, -0.2) is 21.5 Å².